The van der Waals surface area contributed by atoms with Crippen molar-refractivity contribution in [2.75, 3.05) is 0 Å². The van der Waals surface area contributed by atoms with Gasteiger partial charge in [-0.2, -0.15) is 0 Å². The maximum absolute atomic E-state index is 5.44. The monoisotopic (exact) mass is 889 g/mol. The third-order valence-electron chi connectivity index (χ3n) is 14.6. The summed E-state index contributed by atoms with van der Waals surface area (Å²) in [6.45, 7) is 0. The van der Waals surface area contributed by atoms with E-state index in [1.807, 2.05) is 0 Å². The smallest absolute Gasteiger partial charge is 0.160 e. The second-order valence-electron chi connectivity index (χ2n) is 18.4. The summed E-state index contributed by atoms with van der Waals surface area (Å²) < 4.78 is 2.48. The predicted octanol–water partition coefficient (Wildman–Crippen LogP) is 16.9. The standard InChI is InChI=1S/C67H43N3/c1-5-19-44(20-6-1)45-33-35-46(36-34-45)49-39-50(66-68-61-31-17-15-30-56(61)65(69-66)48-22-7-2-8-23-48)41-53(40-49)70-62-32-18-16-29-55(62)57-42-58-60(43-63(57)70)67(51-24-9-3-10-25-51,52-26-11-4-12-27-52)59-38-37-47-21-13-14-28-54(47)64(58)59/h1-43H. The van der Waals surface area contributed by atoms with Gasteiger partial charge in [0.1, 0.15) is 0 Å². The summed E-state index contributed by atoms with van der Waals surface area (Å²) in [6, 6.07) is 95.0. The molecule has 3 nitrogen and oxygen atoms in total. The van der Waals surface area contributed by atoms with Gasteiger partial charge in [0.05, 0.1) is 27.7 Å². The van der Waals surface area contributed by atoms with Crippen LogP contribution in [0.3, 0.4) is 0 Å². The Balaban J connectivity index is 1.08. The third kappa shape index (κ3) is 6.15. The van der Waals surface area contributed by atoms with Gasteiger partial charge in [-0.1, -0.05) is 218 Å². The van der Waals surface area contributed by atoms with E-state index in [4.69, 9.17) is 9.97 Å². The van der Waals surface area contributed by atoms with Crippen molar-refractivity contribution in [3.63, 3.8) is 0 Å². The van der Waals surface area contributed by atoms with E-state index in [1.165, 1.54) is 66.1 Å². The van der Waals surface area contributed by atoms with Gasteiger partial charge in [0, 0.05) is 33.0 Å². The molecule has 0 atom stereocenters. The number of aromatic nitrogens is 3. The van der Waals surface area contributed by atoms with E-state index in [2.05, 4.69) is 265 Å². The lowest BCUT2D eigenvalue weighted by Crippen LogP contribution is -2.28. The van der Waals surface area contributed by atoms with E-state index in [0.29, 0.717) is 5.82 Å². The molecule has 0 amide bonds. The molecule has 11 aromatic carbocycles. The van der Waals surface area contributed by atoms with E-state index in [0.717, 1.165) is 55.6 Å². The Bertz CT molecular complexity index is 4100. The Morgan fingerprint density at radius 2 is 0.886 bits per heavy atom. The number of hydrogen-bond donors (Lipinski definition) is 0. The molecule has 3 heteroatoms. The first kappa shape index (κ1) is 39.9. The highest BCUT2D eigenvalue weighted by Gasteiger charge is 2.47. The Hall–Kier alpha value is -9.18. The quantitative estimate of drug-likeness (QED) is 0.160. The highest BCUT2D eigenvalue weighted by molar-refractivity contribution is 6.14. The number of hydrogen-bond acceptors (Lipinski definition) is 2. The zero-order chi connectivity index (χ0) is 46.2. The van der Waals surface area contributed by atoms with Crippen LogP contribution in [0.15, 0.2) is 261 Å². The van der Waals surface area contributed by atoms with Crippen LogP contribution in [0.25, 0.3) is 105 Å². The Morgan fingerprint density at radius 3 is 1.60 bits per heavy atom. The first-order valence-corrected chi connectivity index (χ1v) is 24.1. The highest BCUT2D eigenvalue weighted by Crippen LogP contribution is 2.59. The molecule has 13 aromatic rings. The maximum Gasteiger partial charge on any atom is 0.160 e. The van der Waals surface area contributed by atoms with Gasteiger partial charge in [0.2, 0.25) is 0 Å². The largest absolute Gasteiger partial charge is 0.309 e. The molecule has 2 heterocycles. The molecular formula is C67H43N3. The molecule has 0 aliphatic heterocycles. The van der Waals surface area contributed by atoms with Gasteiger partial charge < -0.3 is 4.57 Å². The van der Waals surface area contributed by atoms with Crippen LogP contribution in [0.1, 0.15) is 22.3 Å². The zero-order valence-corrected chi connectivity index (χ0v) is 38.2. The van der Waals surface area contributed by atoms with Gasteiger partial charge in [-0.15, -0.1) is 0 Å². The van der Waals surface area contributed by atoms with E-state index in [1.54, 1.807) is 0 Å². The molecule has 0 fully saturated rings. The second-order valence-corrected chi connectivity index (χ2v) is 18.4. The first-order chi connectivity index (χ1) is 34.7. The summed E-state index contributed by atoms with van der Waals surface area (Å²) in [6.07, 6.45) is 0. The van der Waals surface area contributed by atoms with Crippen LogP contribution in [0.5, 0.6) is 0 Å². The number of para-hydroxylation sites is 2. The fraction of sp³-hybridized carbons (Fsp3) is 0.0149. The minimum atomic E-state index is -0.590. The van der Waals surface area contributed by atoms with Gasteiger partial charge in [-0.25, -0.2) is 9.97 Å². The van der Waals surface area contributed by atoms with E-state index in [-0.39, 0.29) is 0 Å². The second kappa shape index (κ2) is 16.0. The van der Waals surface area contributed by atoms with Crippen LogP contribution in [0, 0.1) is 0 Å². The van der Waals surface area contributed by atoms with Crippen molar-refractivity contribution in [3.05, 3.63) is 283 Å². The van der Waals surface area contributed by atoms with Gasteiger partial charge in [-0.3, -0.25) is 0 Å². The number of fused-ring (bicyclic) bond motifs is 9. The molecule has 0 radical (unpaired) electrons. The molecule has 1 aliphatic carbocycles. The van der Waals surface area contributed by atoms with E-state index < -0.39 is 5.41 Å². The summed E-state index contributed by atoms with van der Waals surface area (Å²) in [5.74, 6) is 0.678. The SMILES string of the molecule is c1ccc(-c2ccc(-c3cc(-c4nc(-c5ccccc5)c5ccccc5n4)cc(-n4c5ccccc5c5cc6c(cc54)C(c4ccccc4)(c4ccccc4)c4ccc5ccccc5c4-6)c3)cc2)cc1. The Morgan fingerprint density at radius 1 is 0.329 bits per heavy atom. The zero-order valence-electron chi connectivity index (χ0n) is 38.2. The number of rotatable bonds is 7. The molecule has 0 spiro atoms. The molecule has 0 unspecified atom stereocenters. The Kier molecular flexibility index (Phi) is 9.11. The third-order valence-corrected chi connectivity index (χ3v) is 14.6. The Labute approximate surface area is 406 Å². The van der Waals surface area contributed by atoms with Crippen LogP contribution < -0.4 is 0 Å². The van der Waals surface area contributed by atoms with Gasteiger partial charge in [0.15, 0.2) is 5.82 Å². The first-order valence-electron chi connectivity index (χ1n) is 24.1. The summed E-state index contributed by atoms with van der Waals surface area (Å²) in [5.41, 5.74) is 18.7. The average molecular weight is 890 g/mol. The van der Waals surface area contributed by atoms with Crippen molar-refractivity contribution in [2.45, 2.75) is 5.41 Å². The normalized spacial score (nSPS) is 12.7. The average Bonchev–Trinajstić information content (AvgIpc) is 3.93. The lowest BCUT2D eigenvalue weighted by molar-refractivity contribution is 0.769. The fourth-order valence-corrected chi connectivity index (χ4v) is 11.5. The summed E-state index contributed by atoms with van der Waals surface area (Å²) in [4.78, 5) is 10.8. The molecular weight excluding hydrogens is 847 g/mol. The predicted molar refractivity (Wildman–Crippen MR) is 290 cm³/mol. The lowest BCUT2D eigenvalue weighted by Gasteiger charge is -2.34. The number of nitrogens with zero attached hydrogens (tertiary/aromatic N) is 3. The van der Waals surface area contributed by atoms with Gasteiger partial charge in [0.25, 0.3) is 0 Å². The molecule has 1 aliphatic rings. The van der Waals surface area contributed by atoms with Crippen molar-refractivity contribution in [1.82, 2.24) is 14.5 Å². The van der Waals surface area contributed by atoms with Gasteiger partial charge in [-0.05, 0) is 109 Å². The van der Waals surface area contributed by atoms with Crippen LogP contribution >= 0.6 is 0 Å². The summed E-state index contributed by atoms with van der Waals surface area (Å²) in [5, 5.41) is 5.93. The minimum absolute atomic E-state index is 0.590. The lowest BCUT2D eigenvalue weighted by atomic mass is 9.67. The molecule has 70 heavy (non-hydrogen) atoms. The topological polar surface area (TPSA) is 30.7 Å². The molecule has 326 valence electrons. The minimum Gasteiger partial charge on any atom is -0.309 e. The van der Waals surface area contributed by atoms with E-state index >= 15 is 0 Å². The highest BCUT2D eigenvalue weighted by atomic mass is 15.0. The van der Waals surface area contributed by atoms with Crippen molar-refractivity contribution >= 4 is 43.5 Å². The maximum atomic E-state index is 5.44. The van der Waals surface area contributed by atoms with Crippen LogP contribution in [-0.4, -0.2) is 14.5 Å². The molecule has 0 bridgehead atoms. The van der Waals surface area contributed by atoms with Crippen LogP contribution in [-0.2, 0) is 5.41 Å². The molecule has 2 aromatic heterocycles. The van der Waals surface area contributed by atoms with Crippen molar-refractivity contribution in [3.8, 4) is 61.7 Å². The van der Waals surface area contributed by atoms with Crippen LogP contribution in [0.2, 0.25) is 0 Å². The fourth-order valence-electron chi connectivity index (χ4n) is 11.5. The van der Waals surface area contributed by atoms with Crippen molar-refractivity contribution in [1.29, 1.82) is 0 Å². The molecule has 0 N–H and O–H groups in total. The molecule has 0 saturated heterocycles. The van der Waals surface area contributed by atoms with Gasteiger partial charge >= 0.3 is 0 Å². The van der Waals surface area contributed by atoms with Crippen molar-refractivity contribution in [2.24, 2.45) is 0 Å². The van der Waals surface area contributed by atoms with Crippen LogP contribution in [0.4, 0.5) is 0 Å². The summed E-state index contributed by atoms with van der Waals surface area (Å²) >= 11 is 0. The van der Waals surface area contributed by atoms with E-state index in [9.17, 15) is 0 Å². The number of benzene rings is 11. The molecule has 0 saturated carbocycles. The van der Waals surface area contributed by atoms with Crippen molar-refractivity contribution < 1.29 is 0 Å². The summed E-state index contributed by atoms with van der Waals surface area (Å²) in [7, 11) is 0. The molecule has 14 rings (SSSR count).